The van der Waals surface area contributed by atoms with Gasteiger partial charge in [-0.05, 0) is 29.5 Å². The van der Waals surface area contributed by atoms with Crippen LogP contribution in [0.25, 0.3) is 0 Å². The van der Waals surface area contributed by atoms with Crippen LogP contribution in [-0.2, 0) is 6.42 Å². The molecule has 0 saturated carbocycles. The fourth-order valence-corrected chi connectivity index (χ4v) is 4.58. The monoisotopic (exact) mass is 334 g/mol. The van der Waals surface area contributed by atoms with Crippen molar-refractivity contribution in [3.05, 3.63) is 73.9 Å². The average Bonchev–Trinajstić information content (AvgIpc) is 3.19. The predicted molar refractivity (Wildman–Crippen MR) is 84.2 cm³/mol. The van der Waals surface area contributed by atoms with Crippen LogP contribution in [0.5, 0.6) is 0 Å². The van der Waals surface area contributed by atoms with Gasteiger partial charge in [-0.2, -0.15) is 0 Å². The zero-order chi connectivity index (χ0) is 15.1. The zero-order valence-corrected chi connectivity index (χ0v) is 13.1. The number of nitrogens with zero attached hydrogens (tertiary/aromatic N) is 1. The van der Waals surface area contributed by atoms with E-state index < -0.39 is 11.6 Å². The van der Waals surface area contributed by atoms with E-state index in [1.807, 2.05) is 10.8 Å². The van der Waals surface area contributed by atoms with Crippen molar-refractivity contribution in [2.75, 3.05) is 0 Å². The molecule has 3 aromatic rings. The van der Waals surface area contributed by atoms with E-state index in [9.17, 15) is 8.78 Å². The third-order valence-electron chi connectivity index (χ3n) is 3.88. The topological polar surface area (TPSA) is 24.9 Å². The van der Waals surface area contributed by atoms with Crippen LogP contribution in [0.3, 0.4) is 0 Å². The first-order valence-electron chi connectivity index (χ1n) is 6.89. The van der Waals surface area contributed by atoms with Crippen molar-refractivity contribution in [2.24, 2.45) is 0 Å². The quantitative estimate of drug-likeness (QED) is 0.748. The normalized spacial score (nSPS) is 20.8. The maximum Gasteiger partial charge on any atom is 0.163 e. The first kappa shape index (κ1) is 14.0. The van der Waals surface area contributed by atoms with Gasteiger partial charge in [-0.15, -0.1) is 22.7 Å². The lowest BCUT2D eigenvalue weighted by molar-refractivity contribution is 0.430. The van der Waals surface area contributed by atoms with Gasteiger partial charge < -0.3 is 0 Å². The highest BCUT2D eigenvalue weighted by Crippen LogP contribution is 2.39. The highest BCUT2D eigenvalue weighted by molar-refractivity contribution is 7.10. The van der Waals surface area contributed by atoms with Gasteiger partial charge in [0.15, 0.2) is 11.6 Å². The summed E-state index contributed by atoms with van der Waals surface area (Å²) in [4.78, 5) is 5.41. The van der Waals surface area contributed by atoms with Crippen LogP contribution in [0.15, 0.2) is 41.2 Å². The minimum absolute atomic E-state index is 0.0229. The molecule has 1 aliphatic heterocycles. The van der Waals surface area contributed by atoms with Crippen LogP contribution < -0.4 is 5.32 Å². The highest BCUT2D eigenvalue weighted by atomic mass is 32.1. The van der Waals surface area contributed by atoms with Crippen molar-refractivity contribution in [3.8, 4) is 0 Å². The number of benzene rings is 1. The van der Waals surface area contributed by atoms with E-state index in [2.05, 4.69) is 16.4 Å². The second kappa shape index (κ2) is 5.53. The molecular weight excluding hydrogens is 322 g/mol. The largest absolute Gasteiger partial charge is 0.296 e. The van der Waals surface area contributed by atoms with Crippen LogP contribution >= 0.6 is 22.7 Å². The number of hydrogen-bond donors (Lipinski definition) is 1. The first-order chi connectivity index (χ1) is 10.7. The van der Waals surface area contributed by atoms with Crippen molar-refractivity contribution in [1.29, 1.82) is 0 Å². The molecule has 6 heteroatoms. The second-order valence-electron chi connectivity index (χ2n) is 5.18. The zero-order valence-electron chi connectivity index (χ0n) is 11.4. The van der Waals surface area contributed by atoms with Crippen LogP contribution in [0.4, 0.5) is 8.78 Å². The van der Waals surface area contributed by atoms with E-state index in [0.29, 0.717) is 5.56 Å². The van der Waals surface area contributed by atoms with Crippen LogP contribution in [0.2, 0.25) is 0 Å². The molecule has 0 spiro atoms. The van der Waals surface area contributed by atoms with Gasteiger partial charge in [-0.1, -0.05) is 12.1 Å². The maximum atomic E-state index is 14.2. The lowest BCUT2D eigenvalue weighted by Crippen LogP contribution is -2.33. The van der Waals surface area contributed by atoms with E-state index in [4.69, 9.17) is 0 Å². The summed E-state index contributed by atoms with van der Waals surface area (Å²) in [6, 6.07) is 6.09. The number of aromatic nitrogens is 1. The van der Waals surface area contributed by atoms with Crippen molar-refractivity contribution in [2.45, 2.75) is 18.5 Å². The van der Waals surface area contributed by atoms with Crippen molar-refractivity contribution < 1.29 is 8.78 Å². The minimum atomic E-state index is -0.811. The number of nitrogens with one attached hydrogen (secondary N) is 1. The molecule has 1 aromatic carbocycles. The number of thiophene rings is 1. The summed E-state index contributed by atoms with van der Waals surface area (Å²) in [6.45, 7) is 0. The predicted octanol–water partition coefficient (Wildman–Crippen LogP) is 4.46. The first-order valence-corrected chi connectivity index (χ1v) is 8.65. The molecule has 0 aliphatic carbocycles. The van der Waals surface area contributed by atoms with Gasteiger partial charge in [0.2, 0.25) is 0 Å². The fourth-order valence-electron chi connectivity index (χ4n) is 2.86. The van der Waals surface area contributed by atoms with Crippen molar-refractivity contribution in [3.63, 3.8) is 0 Å². The number of rotatable bonds is 2. The molecule has 0 fully saturated rings. The SMILES string of the molecule is Fc1cccc([C@@H]2N[C@H](c3nccs3)Cc3ccsc32)c1F. The van der Waals surface area contributed by atoms with Crippen molar-refractivity contribution >= 4 is 22.7 Å². The maximum absolute atomic E-state index is 14.2. The lowest BCUT2D eigenvalue weighted by atomic mass is 9.93. The molecule has 0 unspecified atom stereocenters. The molecule has 0 amide bonds. The summed E-state index contributed by atoms with van der Waals surface area (Å²) in [6.07, 6.45) is 2.59. The Hall–Kier alpha value is -1.63. The molecule has 0 saturated heterocycles. The Morgan fingerprint density at radius 1 is 1.14 bits per heavy atom. The van der Waals surface area contributed by atoms with E-state index in [-0.39, 0.29) is 12.1 Å². The third kappa shape index (κ3) is 2.27. The molecule has 1 aliphatic rings. The molecule has 112 valence electrons. The summed E-state index contributed by atoms with van der Waals surface area (Å²) >= 11 is 3.15. The molecule has 2 atom stereocenters. The average molecular weight is 334 g/mol. The molecule has 3 heterocycles. The summed E-state index contributed by atoms with van der Waals surface area (Å²) < 4.78 is 27.8. The highest BCUT2D eigenvalue weighted by Gasteiger charge is 2.32. The minimum Gasteiger partial charge on any atom is -0.296 e. The Balaban J connectivity index is 1.80. The van der Waals surface area contributed by atoms with Crippen LogP contribution in [0, 0.1) is 11.6 Å². The molecule has 0 radical (unpaired) electrons. The van der Waals surface area contributed by atoms with Gasteiger partial charge in [-0.25, -0.2) is 13.8 Å². The van der Waals surface area contributed by atoms with E-state index in [1.54, 1.807) is 41.0 Å². The molecule has 22 heavy (non-hydrogen) atoms. The van der Waals surface area contributed by atoms with Gasteiger partial charge in [0, 0.05) is 22.0 Å². The fraction of sp³-hybridized carbons (Fsp3) is 0.188. The van der Waals surface area contributed by atoms with Crippen LogP contribution in [-0.4, -0.2) is 4.98 Å². The molecule has 2 nitrogen and oxygen atoms in total. The Kier molecular flexibility index (Phi) is 3.52. The number of hydrogen-bond acceptors (Lipinski definition) is 4. The standard InChI is InChI=1S/C16H12F2N2S2/c17-11-3-1-2-10(13(11)18)14-15-9(4-6-21-15)8-12(20-14)16-19-5-7-22-16/h1-7,12,14,20H,8H2/t12-,14-/m0/s1. The van der Waals surface area contributed by atoms with E-state index in [0.717, 1.165) is 22.4 Å². The number of halogens is 2. The smallest absolute Gasteiger partial charge is 0.163 e. The Morgan fingerprint density at radius 3 is 2.86 bits per heavy atom. The number of thiazole rings is 1. The summed E-state index contributed by atoms with van der Waals surface area (Å²) in [5, 5.41) is 8.33. The van der Waals surface area contributed by atoms with Gasteiger partial charge in [0.1, 0.15) is 5.01 Å². The molecule has 1 N–H and O–H groups in total. The van der Waals surface area contributed by atoms with E-state index >= 15 is 0 Å². The second-order valence-corrected chi connectivity index (χ2v) is 7.05. The number of fused-ring (bicyclic) bond motifs is 1. The Morgan fingerprint density at radius 2 is 2.05 bits per heavy atom. The molecule has 4 rings (SSSR count). The van der Waals surface area contributed by atoms with Crippen molar-refractivity contribution in [1.82, 2.24) is 10.3 Å². The third-order valence-corrected chi connectivity index (χ3v) is 5.79. The van der Waals surface area contributed by atoms with Crippen LogP contribution in [0.1, 0.15) is 33.1 Å². The van der Waals surface area contributed by atoms with Gasteiger partial charge in [-0.3, -0.25) is 5.32 Å². The Labute approximate surface area is 134 Å². The lowest BCUT2D eigenvalue weighted by Gasteiger charge is -2.30. The van der Waals surface area contributed by atoms with Gasteiger partial charge >= 0.3 is 0 Å². The molecule has 2 aromatic heterocycles. The Bertz CT molecular complexity index is 798. The molecule has 0 bridgehead atoms. The van der Waals surface area contributed by atoms with Gasteiger partial charge in [0.25, 0.3) is 0 Å². The van der Waals surface area contributed by atoms with E-state index in [1.165, 1.54) is 5.56 Å². The molecular formula is C16H12F2N2S2. The summed E-state index contributed by atoms with van der Waals surface area (Å²) in [5.74, 6) is -1.59. The summed E-state index contributed by atoms with van der Waals surface area (Å²) in [5.41, 5.74) is 1.53. The summed E-state index contributed by atoms with van der Waals surface area (Å²) in [7, 11) is 0. The van der Waals surface area contributed by atoms with Gasteiger partial charge in [0.05, 0.1) is 12.1 Å².